The highest BCUT2D eigenvalue weighted by Gasteiger charge is 2.19. The van der Waals surface area contributed by atoms with E-state index in [0.717, 1.165) is 34.7 Å². The highest BCUT2D eigenvalue weighted by molar-refractivity contribution is 5.95. The number of benzene rings is 2. The van der Waals surface area contributed by atoms with E-state index in [-0.39, 0.29) is 5.82 Å². The third-order valence-electron chi connectivity index (χ3n) is 5.19. The van der Waals surface area contributed by atoms with E-state index in [2.05, 4.69) is 0 Å². The number of aryl methyl sites for hydroxylation is 1. The minimum atomic E-state index is -0.470. The van der Waals surface area contributed by atoms with Crippen LogP contribution in [0.2, 0.25) is 0 Å². The Morgan fingerprint density at radius 1 is 1.10 bits per heavy atom. The molecule has 3 aromatic rings. The van der Waals surface area contributed by atoms with E-state index < -0.39 is 5.91 Å². The number of carbonyl (C=O) groups excluding carboxylic acids is 1. The van der Waals surface area contributed by atoms with Crippen LogP contribution < -0.4 is 15.2 Å². The van der Waals surface area contributed by atoms with Gasteiger partial charge >= 0.3 is 0 Å². The first kappa shape index (κ1) is 19.1. The number of carbonyl (C=O) groups is 1. The molecule has 150 valence electrons. The molecule has 0 spiro atoms. The molecule has 1 amide bonds. The molecule has 4 rings (SSSR count). The summed E-state index contributed by atoms with van der Waals surface area (Å²) in [7, 11) is 0. The van der Waals surface area contributed by atoms with Gasteiger partial charge in [0.2, 0.25) is 0 Å². The predicted octanol–water partition coefficient (Wildman–Crippen LogP) is 4.11. The largest absolute Gasteiger partial charge is 0.490 e. The minimum absolute atomic E-state index is 0.257. The Morgan fingerprint density at radius 2 is 1.90 bits per heavy atom. The van der Waals surface area contributed by atoms with E-state index in [1.54, 1.807) is 6.07 Å². The summed E-state index contributed by atoms with van der Waals surface area (Å²) in [5.41, 5.74) is 9.52. The van der Waals surface area contributed by atoms with Gasteiger partial charge in [-0.2, -0.15) is 0 Å². The van der Waals surface area contributed by atoms with Crippen LogP contribution in [0, 0.1) is 12.7 Å². The van der Waals surface area contributed by atoms with Crippen molar-refractivity contribution in [1.29, 1.82) is 0 Å². The summed E-state index contributed by atoms with van der Waals surface area (Å²) in [6, 6.07) is 14.1. The van der Waals surface area contributed by atoms with Crippen molar-refractivity contribution >= 4 is 5.91 Å². The topological polar surface area (TPSA) is 66.5 Å². The molecule has 1 aromatic heterocycles. The highest BCUT2D eigenvalue weighted by atomic mass is 19.1. The quantitative estimate of drug-likeness (QED) is 0.708. The molecule has 1 aliphatic rings. The molecule has 0 fully saturated rings. The highest BCUT2D eigenvalue weighted by Crippen LogP contribution is 2.35. The van der Waals surface area contributed by atoms with Gasteiger partial charge in [-0.1, -0.05) is 12.1 Å². The summed E-state index contributed by atoms with van der Waals surface area (Å²) >= 11 is 0. The standard InChI is InChI=1S/C23H23FN2O3/c1-15-19(23(25)27)14-20(26(15)9-8-16-4-2-5-18(24)12-16)17-6-7-21-22(13-17)29-11-3-10-28-21/h2,4-7,12-14H,3,8-11H2,1H3,(H2,25,27). The summed E-state index contributed by atoms with van der Waals surface area (Å²) in [6.07, 6.45) is 1.46. The summed E-state index contributed by atoms with van der Waals surface area (Å²) in [4.78, 5) is 11.9. The molecular weight excluding hydrogens is 371 g/mol. The molecule has 0 radical (unpaired) electrons. The van der Waals surface area contributed by atoms with E-state index in [9.17, 15) is 9.18 Å². The Kier molecular flexibility index (Phi) is 5.25. The van der Waals surface area contributed by atoms with Crippen LogP contribution in [0.3, 0.4) is 0 Å². The number of fused-ring (bicyclic) bond motifs is 1. The molecule has 0 bridgehead atoms. The van der Waals surface area contributed by atoms with Crippen LogP contribution in [0.1, 0.15) is 28.0 Å². The van der Waals surface area contributed by atoms with Crippen LogP contribution in [-0.4, -0.2) is 23.7 Å². The molecule has 2 aromatic carbocycles. The van der Waals surface area contributed by atoms with E-state index in [1.807, 2.05) is 41.8 Å². The van der Waals surface area contributed by atoms with E-state index in [1.165, 1.54) is 12.1 Å². The Balaban J connectivity index is 1.71. The van der Waals surface area contributed by atoms with Crippen molar-refractivity contribution in [1.82, 2.24) is 4.57 Å². The molecule has 1 aliphatic heterocycles. The lowest BCUT2D eigenvalue weighted by atomic mass is 10.1. The lowest BCUT2D eigenvalue weighted by Gasteiger charge is -2.14. The fourth-order valence-corrected chi connectivity index (χ4v) is 3.68. The Bertz CT molecular complexity index is 1060. The summed E-state index contributed by atoms with van der Waals surface area (Å²) in [5.74, 6) is 0.683. The number of primary amides is 1. The molecule has 0 aliphatic carbocycles. The molecule has 0 saturated carbocycles. The van der Waals surface area contributed by atoms with Crippen LogP contribution >= 0.6 is 0 Å². The van der Waals surface area contributed by atoms with Gasteiger partial charge in [0.1, 0.15) is 5.82 Å². The van der Waals surface area contributed by atoms with Crippen LogP contribution in [0.25, 0.3) is 11.3 Å². The van der Waals surface area contributed by atoms with E-state index >= 15 is 0 Å². The second-order valence-corrected chi connectivity index (χ2v) is 7.14. The number of halogens is 1. The normalized spacial score (nSPS) is 13.2. The number of hydrogen-bond donors (Lipinski definition) is 1. The molecular formula is C23H23FN2O3. The molecule has 2 heterocycles. The maximum atomic E-state index is 13.5. The van der Waals surface area contributed by atoms with E-state index in [0.29, 0.717) is 37.5 Å². The molecule has 29 heavy (non-hydrogen) atoms. The van der Waals surface area contributed by atoms with Gasteiger partial charge in [0.25, 0.3) is 5.91 Å². The third kappa shape index (κ3) is 3.97. The molecule has 6 heteroatoms. The zero-order chi connectivity index (χ0) is 20.4. The predicted molar refractivity (Wildman–Crippen MR) is 109 cm³/mol. The number of hydrogen-bond acceptors (Lipinski definition) is 3. The van der Waals surface area contributed by atoms with Gasteiger partial charge in [-0.05, 0) is 55.3 Å². The molecule has 5 nitrogen and oxygen atoms in total. The average molecular weight is 394 g/mol. The SMILES string of the molecule is Cc1c(C(N)=O)cc(-c2ccc3c(c2)OCCCO3)n1CCc1cccc(F)c1. The van der Waals surface area contributed by atoms with Gasteiger partial charge < -0.3 is 19.8 Å². The van der Waals surface area contributed by atoms with Gasteiger partial charge in [0, 0.05) is 29.9 Å². The lowest BCUT2D eigenvalue weighted by molar-refractivity contribution is 0.0999. The minimum Gasteiger partial charge on any atom is -0.490 e. The van der Waals surface area contributed by atoms with Gasteiger partial charge in [0.15, 0.2) is 11.5 Å². The van der Waals surface area contributed by atoms with Gasteiger partial charge in [0.05, 0.1) is 18.8 Å². The zero-order valence-corrected chi connectivity index (χ0v) is 16.3. The van der Waals surface area contributed by atoms with Crippen LogP contribution in [-0.2, 0) is 13.0 Å². The van der Waals surface area contributed by atoms with Crippen LogP contribution in [0.5, 0.6) is 11.5 Å². The first-order valence-corrected chi connectivity index (χ1v) is 9.67. The maximum absolute atomic E-state index is 13.5. The van der Waals surface area contributed by atoms with E-state index in [4.69, 9.17) is 15.2 Å². The molecule has 2 N–H and O–H groups in total. The number of nitrogens with zero attached hydrogens (tertiary/aromatic N) is 1. The number of amides is 1. The molecule has 0 saturated heterocycles. The summed E-state index contributed by atoms with van der Waals surface area (Å²) in [6.45, 7) is 3.69. The fourth-order valence-electron chi connectivity index (χ4n) is 3.68. The van der Waals surface area contributed by atoms with Crippen molar-refractivity contribution in [2.45, 2.75) is 26.3 Å². The van der Waals surface area contributed by atoms with Crippen molar-refractivity contribution < 1.29 is 18.7 Å². The average Bonchev–Trinajstić information content (AvgIpc) is 2.87. The van der Waals surface area contributed by atoms with Gasteiger partial charge in [-0.25, -0.2) is 4.39 Å². The Labute approximate surface area is 168 Å². The van der Waals surface area contributed by atoms with Gasteiger partial charge in [-0.3, -0.25) is 4.79 Å². The maximum Gasteiger partial charge on any atom is 0.250 e. The number of rotatable bonds is 5. The van der Waals surface area contributed by atoms with Crippen molar-refractivity contribution in [3.8, 4) is 22.8 Å². The molecule has 0 unspecified atom stereocenters. The lowest BCUT2D eigenvalue weighted by Crippen LogP contribution is -2.13. The second kappa shape index (κ2) is 7.99. The van der Waals surface area contributed by atoms with Crippen molar-refractivity contribution in [2.75, 3.05) is 13.2 Å². The van der Waals surface area contributed by atoms with Crippen molar-refractivity contribution in [2.24, 2.45) is 5.73 Å². The van der Waals surface area contributed by atoms with Crippen LogP contribution in [0.4, 0.5) is 4.39 Å². The smallest absolute Gasteiger partial charge is 0.250 e. The number of nitrogens with two attached hydrogens (primary N) is 1. The van der Waals surface area contributed by atoms with Crippen molar-refractivity contribution in [3.63, 3.8) is 0 Å². The first-order chi connectivity index (χ1) is 14.0. The monoisotopic (exact) mass is 394 g/mol. The third-order valence-corrected chi connectivity index (χ3v) is 5.19. The van der Waals surface area contributed by atoms with Crippen LogP contribution in [0.15, 0.2) is 48.5 Å². The first-order valence-electron chi connectivity index (χ1n) is 9.67. The zero-order valence-electron chi connectivity index (χ0n) is 16.3. The van der Waals surface area contributed by atoms with Crippen molar-refractivity contribution in [3.05, 3.63) is 71.2 Å². The fraction of sp³-hybridized carbons (Fsp3) is 0.261. The number of ether oxygens (including phenoxy) is 2. The van der Waals surface area contributed by atoms with Gasteiger partial charge in [-0.15, -0.1) is 0 Å². The number of aromatic nitrogens is 1. The Morgan fingerprint density at radius 3 is 2.66 bits per heavy atom. The summed E-state index contributed by atoms with van der Waals surface area (Å²) < 4.78 is 27.1. The second-order valence-electron chi connectivity index (χ2n) is 7.14. The molecule has 0 atom stereocenters. The summed E-state index contributed by atoms with van der Waals surface area (Å²) in [5, 5.41) is 0. The Hall–Kier alpha value is -3.28.